The zero-order valence-corrected chi connectivity index (χ0v) is 11.0. The Hall–Kier alpha value is -2.14. The summed E-state index contributed by atoms with van der Waals surface area (Å²) in [5.74, 6) is -2.09. The van der Waals surface area contributed by atoms with Gasteiger partial charge in [0, 0.05) is 11.3 Å². The Balaban J connectivity index is 2.13. The molecule has 3 N–H and O–H groups in total. The van der Waals surface area contributed by atoms with Gasteiger partial charge in [0.2, 0.25) is 5.91 Å². The first kappa shape index (κ1) is 14.3. The van der Waals surface area contributed by atoms with Gasteiger partial charge in [0.05, 0.1) is 17.1 Å². The SMILES string of the molecule is Nc1ccc(NC(=O)Cc2c(F)cccc2F)c(Cl)c1. The molecule has 2 rings (SSSR count). The van der Waals surface area contributed by atoms with Gasteiger partial charge in [-0.1, -0.05) is 17.7 Å². The number of carbonyl (C=O) groups excluding carboxylic acids is 1. The number of hydrogen-bond donors (Lipinski definition) is 2. The molecule has 2 aromatic carbocycles. The van der Waals surface area contributed by atoms with Crippen molar-refractivity contribution >= 4 is 28.9 Å². The van der Waals surface area contributed by atoms with E-state index in [1.807, 2.05) is 0 Å². The number of amides is 1. The lowest BCUT2D eigenvalue weighted by atomic mass is 10.1. The second kappa shape index (κ2) is 5.88. The molecule has 0 saturated carbocycles. The van der Waals surface area contributed by atoms with E-state index in [1.165, 1.54) is 18.2 Å². The van der Waals surface area contributed by atoms with Crippen LogP contribution in [-0.2, 0) is 11.2 Å². The quantitative estimate of drug-likeness (QED) is 0.853. The van der Waals surface area contributed by atoms with Crippen LogP contribution < -0.4 is 11.1 Å². The lowest BCUT2D eigenvalue weighted by Gasteiger charge is -2.09. The van der Waals surface area contributed by atoms with Crippen LogP contribution in [0, 0.1) is 11.6 Å². The standard InChI is InChI=1S/C14H11ClF2N2O/c15-10-6-8(18)4-5-13(10)19-14(20)7-9-11(16)2-1-3-12(9)17/h1-6H,7,18H2,(H,19,20). The van der Waals surface area contributed by atoms with Crippen LogP contribution in [0.5, 0.6) is 0 Å². The van der Waals surface area contributed by atoms with E-state index in [0.29, 0.717) is 11.4 Å². The lowest BCUT2D eigenvalue weighted by Crippen LogP contribution is -2.16. The fourth-order valence-corrected chi connectivity index (χ4v) is 1.93. The predicted octanol–water partition coefficient (Wildman–Crippen LogP) is 3.38. The summed E-state index contributed by atoms with van der Waals surface area (Å²) in [7, 11) is 0. The predicted molar refractivity (Wildman–Crippen MR) is 74.6 cm³/mol. The molecule has 6 heteroatoms. The number of rotatable bonds is 3. The van der Waals surface area contributed by atoms with Crippen LogP contribution in [0.15, 0.2) is 36.4 Å². The van der Waals surface area contributed by atoms with Gasteiger partial charge >= 0.3 is 0 Å². The summed E-state index contributed by atoms with van der Waals surface area (Å²) in [6.07, 6.45) is -0.417. The molecule has 0 saturated heterocycles. The number of halogens is 3. The maximum Gasteiger partial charge on any atom is 0.229 e. The third-order valence-electron chi connectivity index (χ3n) is 2.67. The molecule has 0 bridgehead atoms. The summed E-state index contributed by atoms with van der Waals surface area (Å²) in [6.45, 7) is 0. The molecule has 0 unspecified atom stereocenters. The molecule has 104 valence electrons. The van der Waals surface area contributed by atoms with E-state index in [9.17, 15) is 13.6 Å². The zero-order chi connectivity index (χ0) is 14.7. The zero-order valence-electron chi connectivity index (χ0n) is 10.3. The molecule has 0 aliphatic rings. The van der Waals surface area contributed by atoms with Crippen molar-refractivity contribution in [2.45, 2.75) is 6.42 Å². The highest BCUT2D eigenvalue weighted by Crippen LogP contribution is 2.24. The number of nitrogens with two attached hydrogens (primary N) is 1. The molecule has 0 heterocycles. The average Bonchev–Trinajstić information content (AvgIpc) is 2.37. The van der Waals surface area contributed by atoms with Crippen molar-refractivity contribution in [2.75, 3.05) is 11.1 Å². The van der Waals surface area contributed by atoms with E-state index < -0.39 is 24.0 Å². The molecule has 0 aliphatic carbocycles. The highest BCUT2D eigenvalue weighted by molar-refractivity contribution is 6.34. The Kier molecular flexibility index (Phi) is 4.20. The van der Waals surface area contributed by atoms with Crippen molar-refractivity contribution in [2.24, 2.45) is 0 Å². The van der Waals surface area contributed by atoms with Gasteiger partial charge < -0.3 is 11.1 Å². The van der Waals surface area contributed by atoms with Gasteiger partial charge in [0.1, 0.15) is 11.6 Å². The molecule has 0 aromatic heterocycles. The Bertz CT molecular complexity index is 641. The Labute approximate surface area is 119 Å². The molecular weight excluding hydrogens is 286 g/mol. The van der Waals surface area contributed by atoms with Crippen molar-refractivity contribution in [3.63, 3.8) is 0 Å². The molecule has 20 heavy (non-hydrogen) atoms. The van der Waals surface area contributed by atoms with Crippen LogP contribution in [0.25, 0.3) is 0 Å². The molecule has 0 spiro atoms. The molecule has 0 atom stereocenters. The number of anilines is 2. The van der Waals surface area contributed by atoms with E-state index in [4.69, 9.17) is 17.3 Å². The van der Waals surface area contributed by atoms with Crippen molar-refractivity contribution in [3.8, 4) is 0 Å². The number of carbonyl (C=O) groups is 1. The first-order chi connectivity index (χ1) is 9.47. The fourth-order valence-electron chi connectivity index (χ4n) is 1.69. The number of benzene rings is 2. The van der Waals surface area contributed by atoms with Gasteiger partial charge in [-0.15, -0.1) is 0 Å². The smallest absolute Gasteiger partial charge is 0.229 e. The summed E-state index contributed by atoms with van der Waals surface area (Å²) in [6, 6.07) is 7.99. The molecule has 0 aliphatic heterocycles. The van der Waals surface area contributed by atoms with Crippen LogP contribution >= 0.6 is 11.6 Å². The van der Waals surface area contributed by atoms with Crippen molar-refractivity contribution in [1.82, 2.24) is 0 Å². The number of nitrogen functional groups attached to an aromatic ring is 1. The minimum absolute atomic E-state index is 0.257. The lowest BCUT2D eigenvalue weighted by molar-refractivity contribution is -0.115. The van der Waals surface area contributed by atoms with Crippen LogP contribution in [0.2, 0.25) is 5.02 Å². The van der Waals surface area contributed by atoms with Crippen LogP contribution in [0.3, 0.4) is 0 Å². The Morgan fingerprint density at radius 2 is 1.85 bits per heavy atom. The molecular formula is C14H11ClF2N2O. The van der Waals surface area contributed by atoms with Gasteiger partial charge in [-0.25, -0.2) is 8.78 Å². The number of nitrogens with one attached hydrogen (secondary N) is 1. The van der Waals surface area contributed by atoms with Crippen LogP contribution in [0.4, 0.5) is 20.2 Å². The van der Waals surface area contributed by atoms with E-state index in [-0.39, 0.29) is 10.6 Å². The van der Waals surface area contributed by atoms with E-state index in [1.54, 1.807) is 6.07 Å². The maximum atomic E-state index is 13.4. The third-order valence-corrected chi connectivity index (χ3v) is 2.98. The molecule has 0 fully saturated rings. The maximum absolute atomic E-state index is 13.4. The number of hydrogen-bond acceptors (Lipinski definition) is 2. The van der Waals surface area contributed by atoms with Crippen LogP contribution in [0.1, 0.15) is 5.56 Å². The first-order valence-electron chi connectivity index (χ1n) is 5.75. The average molecular weight is 297 g/mol. The third kappa shape index (κ3) is 3.24. The molecule has 1 amide bonds. The topological polar surface area (TPSA) is 55.1 Å². The Morgan fingerprint density at radius 1 is 1.20 bits per heavy atom. The molecule has 0 radical (unpaired) electrons. The van der Waals surface area contributed by atoms with Crippen molar-refractivity contribution in [3.05, 3.63) is 58.6 Å². The van der Waals surface area contributed by atoms with Gasteiger partial charge in [-0.2, -0.15) is 0 Å². The molecule has 2 aromatic rings. The second-order valence-corrected chi connectivity index (χ2v) is 4.57. The fraction of sp³-hybridized carbons (Fsp3) is 0.0714. The van der Waals surface area contributed by atoms with E-state index >= 15 is 0 Å². The summed E-state index contributed by atoms with van der Waals surface area (Å²) in [5, 5.41) is 2.74. The first-order valence-corrected chi connectivity index (χ1v) is 6.13. The van der Waals surface area contributed by atoms with Crippen molar-refractivity contribution in [1.29, 1.82) is 0 Å². The second-order valence-electron chi connectivity index (χ2n) is 4.16. The summed E-state index contributed by atoms with van der Waals surface area (Å²) in [4.78, 5) is 11.8. The van der Waals surface area contributed by atoms with Gasteiger partial charge in [0.15, 0.2) is 0 Å². The monoisotopic (exact) mass is 296 g/mol. The van der Waals surface area contributed by atoms with Gasteiger partial charge in [-0.05, 0) is 30.3 Å². The van der Waals surface area contributed by atoms with Crippen LogP contribution in [-0.4, -0.2) is 5.91 Å². The molecule has 3 nitrogen and oxygen atoms in total. The summed E-state index contributed by atoms with van der Waals surface area (Å²) >= 11 is 5.90. The minimum Gasteiger partial charge on any atom is -0.399 e. The highest BCUT2D eigenvalue weighted by atomic mass is 35.5. The van der Waals surface area contributed by atoms with Gasteiger partial charge in [-0.3, -0.25) is 4.79 Å². The summed E-state index contributed by atoms with van der Waals surface area (Å²) in [5.41, 5.74) is 6.03. The van der Waals surface area contributed by atoms with Crippen molar-refractivity contribution < 1.29 is 13.6 Å². The van der Waals surface area contributed by atoms with Gasteiger partial charge in [0.25, 0.3) is 0 Å². The highest BCUT2D eigenvalue weighted by Gasteiger charge is 2.14. The largest absolute Gasteiger partial charge is 0.399 e. The summed E-state index contributed by atoms with van der Waals surface area (Å²) < 4.78 is 26.8. The normalized spacial score (nSPS) is 10.3. The van der Waals surface area contributed by atoms with E-state index in [2.05, 4.69) is 5.32 Å². The Morgan fingerprint density at radius 3 is 2.45 bits per heavy atom. The minimum atomic E-state index is -0.761. The van der Waals surface area contributed by atoms with E-state index in [0.717, 1.165) is 12.1 Å².